The summed E-state index contributed by atoms with van der Waals surface area (Å²) in [5.41, 5.74) is 0.503. The Kier molecular flexibility index (Phi) is 4.37. The molecule has 2 heterocycles. The van der Waals surface area contributed by atoms with E-state index in [1.807, 2.05) is 19.1 Å². The second-order valence-corrected chi connectivity index (χ2v) is 5.05. The van der Waals surface area contributed by atoms with Gasteiger partial charge in [-0.1, -0.05) is 0 Å². The van der Waals surface area contributed by atoms with Crippen molar-refractivity contribution in [3.63, 3.8) is 0 Å². The number of thiophene rings is 1. The van der Waals surface area contributed by atoms with Crippen LogP contribution in [0.2, 0.25) is 0 Å². The number of nitrogens with one attached hydrogen (secondary N) is 1. The molecule has 0 aromatic carbocycles. The zero-order chi connectivity index (χ0) is 14.5. The fraction of sp³-hybridized carbons (Fsp3) is 0.143. The highest BCUT2D eigenvalue weighted by Crippen LogP contribution is 2.16. The second-order valence-electron chi connectivity index (χ2n) is 4.10. The first-order valence-electron chi connectivity index (χ1n) is 5.87. The minimum Gasteiger partial charge on any atom is -0.478 e. The van der Waals surface area contributed by atoms with Gasteiger partial charge in [-0.2, -0.15) is 0 Å². The number of hydrogen-bond donors (Lipinski definition) is 2. The predicted molar refractivity (Wildman–Crippen MR) is 75.6 cm³/mol. The fourth-order valence-corrected chi connectivity index (χ4v) is 2.34. The minimum atomic E-state index is -1.02. The number of furan rings is 1. The van der Waals surface area contributed by atoms with E-state index in [0.29, 0.717) is 22.7 Å². The number of rotatable bonds is 5. The summed E-state index contributed by atoms with van der Waals surface area (Å²) in [6, 6.07) is 5.29. The number of carbonyl (C=O) groups is 2. The highest BCUT2D eigenvalue weighted by Gasteiger charge is 2.08. The monoisotopic (exact) mass is 291 g/mol. The number of aryl methyl sites for hydroxylation is 1. The van der Waals surface area contributed by atoms with Gasteiger partial charge in [0.2, 0.25) is 0 Å². The molecule has 2 aromatic heterocycles. The third-order valence-corrected chi connectivity index (χ3v) is 3.39. The van der Waals surface area contributed by atoms with Gasteiger partial charge in [0.05, 0.1) is 12.1 Å². The van der Waals surface area contributed by atoms with Crippen LogP contribution in [0.15, 0.2) is 34.1 Å². The summed E-state index contributed by atoms with van der Waals surface area (Å²) >= 11 is 1.31. The third kappa shape index (κ3) is 3.83. The molecule has 0 aliphatic rings. The Bertz CT molecular complexity index is 654. The van der Waals surface area contributed by atoms with Crippen molar-refractivity contribution in [3.8, 4) is 0 Å². The lowest BCUT2D eigenvalue weighted by Crippen LogP contribution is -2.21. The maximum absolute atomic E-state index is 11.9. The van der Waals surface area contributed by atoms with Crippen molar-refractivity contribution in [3.05, 3.63) is 51.6 Å². The molecule has 20 heavy (non-hydrogen) atoms. The van der Waals surface area contributed by atoms with Gasteiger partial charge >= 0.3 is 5.97 Å². The maximum Gasteiger partial charge on any atom is 0.328 e. The van der Waals surface area contributed by atoms with Crippen molar-refractivity contribution in [2.24, 2.45) is 0 Å². The number of carboxylic acid groups (broad SMARTS) is 1. The van der Waals surface area contributed by atoms with Crippen molar-refractivity contribution < 1.29 is 19.1 Å². The Balaban J connectivity index is 1.94. The van der Waals surface area contributed by atoms with Crippen LogP contribution in [0.1, 0.15) is 26.8 Å². The molecular weight excluding hydrogens is 278 g/mol. The van der Waals surface area contributed by atoms with E-state index in [1.54, 1.807) is 11.4 Å². The van der Waals surface area contributed by atoms with Crippen molar-refractivity contribution in [1.29, 1.82) is 0 Å². The number of hydrogen-bond acceptors (Lipinski definition) is 4. The van der Waals surface area contributed by atoms with Crippen LogP contribution >= 0.6 is 11.3 Å². The Labute approximate surface area is 119 Å². The van der Waals surface area contributed by atoms with Gasteiger partial charge in [-0.3, -0.25) is 4.79 Å². The summed E-state index contributed by atoms with van der Waals surface area (Å²) in [6.45, 7) is 2.16. The second kappa shape index (κ2) is 6.21. The lowest BCUT2D eigenvalue weighted by Gasteiger charge is -2.00. The topological polar surface area (TPSA) is 79.5 Å². The van der Waals surface area contributed by atoms with Crippen molar-refractivity contribution in [2.75, 3.05) is 0 Å². The zero-order valence-electron chi connectivity index (χ0n) is 10.8. The van der Waals surface area contributed by atoms with Gasteiger partial charge in [0, 0.05) is 16.3 Å². The first-order chi connectivity index (χ1) is 9.54. The van der Waals surface area contributed by atoms with E-state index in [4.69, 9.17) is 9.52 Å². The van der Waals surface area contributed by atoms with E-state index in [1.165, 1.54) is 17.4 Å². The molecule has 2 N–H and O–H groups in total. The van der Waals surface area contributed by atoms with Crippen LogP contribution in [0, 0.1) is 6.92 Å². The summed E-state index contributed by atoms with van der Waals surface area (Å²) in [5.74, 6) is 0.255. The molecule has 0 radical (unpaired) electrons. The molecule has 0 aliphatic carbocycles. The molecule has 0 fully saturated rings. The number of aliphatic carboxylic acids is 1. The van der Waals surface area contributed by atoms with E-state index in [-0.39, 0.29) is 5.91 Å². The Hall–Kier alpha value is -2.34. The molecule has 2 aromatic rings. The predicted octanol–water partition coefficient (Wildman–Crippen LogP) is 2.68. The summed E-state index contributed by atoms with van der Waals surface area (Å²) in [7, 11) is 0. The molecule has 2 rings (SSSR count). The maximum atomic E-state index is 11.9. The van der Waals surface area contributed by atoms with E-state index in [2.05, 4.69) is 5.32 Å². The molecule has 5 nitrogen and oxygen atoms in total. The first kappa shape index (κ1) is 14.1. The summed E-state index contributed by atoms with van der Waals surface area (Å²) < 4.78 is 5.35. The molecular formula is C14H13NO4S. The van der Waals surface area contributed by atoms with Crippen LogP contribution in [0.3, 0.4) is 0 Å². The van der Waals surface area contributed by atoms with Crippen LogP contribution < -0.4 is 5.32 Å². The summed E-state index contributed by atoms with van der Waals surface area (Å²) in [5, 5.41) is 13.0. The average molecular weight is 291 g/mol. The Morgan fingerprint density at radius 2 is 2.25 bits per heavy atom. The lowest BCUT2D eigenvalue weighted by atomic mass is 10.3. The SMILES string of the molecule is Cc1ccc(CNC(=O)c2csc(C=CC(=O)O)c2)o1. The molecule has 0 atom stereocenters. The van der Waals surface area contributed by atoms with Gasteiger partial charge < -0.3 is 14.8 Å². The van der Waals surface area contributed by atoms with E-state index >= 15 is 0 Å². The van der Waals surface area contributed by atoms with Crippen LogP contribution in [-0.2, 0) is 11.3 Å². The normalized spacial score (nSPS) is 10.8. The molecule has 0 saturated heterocycles. The molecule has 6 heteroatoms. The standard InChI is InChI=1S/C14H13NO4S/c1-9-2-3-11(19-9)7-15-14(18)10-6-12(20-8-10)4-5-13(16)17/h2-6,8H,7H2,1H3,(H,15,18)(H,16,17). The van der Waals surface area contributed by atoms with Gasteiger partial charge in [-0.05, 0) is 31.2 Å². The van der Waals surface area contributed by atoms with E-state index in [9.17, 15) is 9.59 Å². The molecule has 1 amide bonds. The zero-order valence-corrected chi connectivity index (χ0v) is 11.6. The Morgan fingerprint density at radius 1 is 1.45 bits per heavy atom. The highest BCUT2D eigenvalue weighted by molar-refractivity contribution is 7.11. The molecule has 0 bridgehead atoms. The first-order valence-corrected chi connectivity index (χ1v) is 6.75. The van der Waals surface area contributed by atoms with Gasteiger partial charge in [-0.15, -0.1) is 11.3 Å². The minimum absolute atomic E-state index is 0.217. The molecule has 0 aliphatic heterocycles. The molecule has 0 spiro atoms. The van der Waals surface area contributed by atoms with Crippen LogP contribution in [0.4, 0.5) is 0 Å². The number of carbonyl (C=O) groups excluding carboxylic acids is 1. The Morgan fingerprint density at radius 3 is 2.90 bits per heavy atom. The lowest BCUT2D eigenvalue weighted by molar-refractivity contribution is -0.131. The smallest absolute Gasteiger partial charge is 0.328 e. The van der Waals surface area contributed by atoms with Crippen LogP contribution in [0.25, 0.3) is 6.08 Å². The van der Waals surface area contributed by atoms with Crippen LogP contribution in [0.5, 0.6) is 0 Å². The van der Waals surface area contributed by atoms with Gasteiger partial charge in [0.25, 0.3) is 5.91 Å². The summed E-state index contributed by atoms with van der Waals surface area (Å²) in [6.07, 6.45) is 2.50. The van der Waals surface area contributed by atoms with Gasteiger partial charge in [-0.25, -0.2) is 4.79 Å². The quantitative estimate of drug-likeness (QED) is 0.830. The van der Waals surface area contributed by atoms with Gasteiger partial charge in [0.15, 0.2) is 0 Å². The van der Waals surface area contributed by atoms with Crippen molar-refractivity contribution in [2.45, 2.75) is 13.5 Å². The molecule has 0 unspecified atom stereocenters. The summed E-state index contributed by atoms with van der Waals surface area (Å²) in [4.78, 5) is 23.0. The third-order valence-electron chi connectivity index (χ3n) is 2.49. The van der Waals surface area contributed by atoms with E-state index in [0.717, 1.165) is 11.8 Å². The fourth-order valence-electron chi connectivity index (χ4n) is 1.56. The van der Waals surface area contributed by atoms with Crippen molar-refractivity contribution in [1.82, 2.24) is 5.32 Å². The molecule has 0 saturated carbocycles. The molecule has 104 valence electrons. The largest absolute Gasteiger partial charge is 0.478 e. The average Bonchev–Trinajstić information content (AvgIpc) is 3.02. The van der Waals surface area contributed by atoms with E-state index < -0.39 is 5.97 Å². The van der Waals surface area contributed by atoms with Gasteiger partial charge in [0.1, 0.15) is 11.5 Å². The highest BCUT2D eigenvalue weighted by atomic mass is 32.1. The number of amides is 1. The van der Waals surface area contributed by atoms with Crippen LogP contribution in [-0.4, -0.2) is 17.0 Å². The van der Waals surface area contributed by atoms with Crippen molar-refractivity contribution >= 4 is 29.3 Å². The number of carboxylic acids is 1.